The summed E-state index contributed by atoms with van der Waals surface area (Å²) in [5.74, 6) is 0.0615. The highest BCUT2D eigenvalue weighted by molar-refractivity contribution is 5.97. The van der Waals surface area contributed by atoms with E-state index in [9.17, 15) is 22.8 Å². The van der Waals surface area contributed by atoms with Crippen molar-refractivity contribution in [3.8, 4) is 17.2 Å². The van der Waals surface area contributed by atoms with E-state index in [4.69, 9.17) is 14.6 Å². The van der Waals surface area contributed by atoms with Crippen molar-refractivity contribution in [1.82, 2.24) is 9.80 Å². The molecule has 2 amide bonds. The van der Waals surface area contributed by atoms with Crippen LogP contribution in [0.25, 0.3) is 0 Å². The van der Waals surface area contributed by atoms with Gasteiger partial charge in [-0.15, -0.1) is 13.2 Å². The number of carbonyl (C=O) groups is 2. The Balaban J connectivity index is 1.54. The maximum absolute atomic E-state index is 13.1. The van der Waals surface area contributed by atoms with Gasteiger partial charge in [0.25, 0.3) is 5.91 Å². The third-order valence-electron chi connectivity index (χ3n) is 5.46. The predicted octanol–water partition coefficient (Wildman–Crippen LogP) is 4.65. The van der Waals surface area contributed by atoms with Crippen LogP contribution in [0.4, 0.5) is 18.0 Å². The van der Waals surface area contributed by atoms with Crippen molar-refractivity contribution in [2.75, 3.05) is 32.8 Å². The van der Waals surface area contributed by atoms with Gasteiger partial charge in [-0.2, -0.15) is 0 Å². The second-order valence-electron chi connectivity index (χ2n) is 7.84. The number of amides is 2. The fraction of sp³-hybridized carbons (Fsp3) is 0.417. The predicted molar refractivity (Wildman–Crippen MR) is 120 cm³/mol. The van der Waals surface area contributed by atoms with Crippen LogP contribution >= 0.6 is 0 Å². The lowest BCUT2D eigenvalue weighted by Gasteiger charge is -2.32. The number of carbonyl (C=O) groups excluding carboxylic acids is 1. The number of para-hydroxylation sites is 1. The minimum absolute atomic E-state index is 0.109. The molecular weight excluding hydrogens is 469 g/mol. The molecule has 0 aromatic heterocycles. The number of benzene rings is 2. The second-order valence-corrected chi connectivity index (χ2v) is 7.84. The Morgan fingerprint density at radius 1 is 1.09 bits per heavy atom. The number of halogens is 3. The highest BCUT2D eigenvalue weighted by atomic mass is 19.4. The Bertz CT molecular complexity index is 1010. The average molecular weight is 496 g/mol. The van der Waals surface area contributed by atoms with Gasteiger partial charge in [-0.3, -0.25) is 4.79 Å². The summed E-state index contributed by atoms with van der Waals surface area (Å²) in [5, 5.41) is 9.10. The summed E-state index contributed by atoms with van der Waals surface area (Å²) >= 11 is 0. The molecule has 1 heterocycles. The van der Waals surface area contributed by atoms with E-state index in [0.29, 0.717) is 43.8 Å². The molecule has 3 rings (SSSR count). The molecule has 0 aliphatic carbocycles. The zero-order valence-electron chi connectivity index (χ0n) is 19.2. The Morgan fingerprint density at radius 3 is 2.43 bits per heavy atom. The van der Waals surface area contributed by atoms with Crippen molar-refractivity contribution in [3.63, 3.8) is 0 Å². The number of carboxylic acid groups (broad SMARTS) is 1. The van der Waals surface area contributed by atoms with E-state index in [1.54, 1.807) is 42.2 Å². The van der Waals surface area contributed by atoms with Gasteiger partial charge in [-0.25, -0.2) is 4.79 Å². The van der Waals surface area contributed by atoms with Crippen molar-refractivity contribution < 1.29 is 42.1 Å². The summed E-state index contributed by atoms with van der Waals surface area (Å²) in [5.41, 5.74) is 0.377. The van der Waals surface area contributed by atoms with Crippen LogP contribution in [0.15, 0.2) is 48.5 Å². The highest BCUT2D eigenvalue weighted by Crippen LogP contribution is 2.28. The number of rotatable bonds is 9. The summed E-state index contributed by atoms with van der Waals surface area (Å²) in [6.45, 7) is 3.14. The van der Waals surface area contributed by atoms with Crippen LogP contribution in [-0.2, 0) is 0 Å². The van der Waals surface area contributed by atoms with E-state index in [-0.39, 0.29) is 36.7 Å². The first-order chi connectivity index (χ1) is 16.7. The van der Waals surface area contributed by atoms with Crippen molar-refractivity contribution in [2.45, 2.75) is 32.2 Å². The van der Waals surface area contributed by atoms with Gasteiger partial charge in [0.15, 0.2) is 0 Å². The molecule has 35 heavy (non-hydrogen) atoms. The van der Waals surface area contributed by atoms with E-state index in [0.717, 1.165) is 0 Å². The molecule has 0 spiro atoms. The van der Waals surface area contributed by atoms with Gasteiger partial charge in [-0.1, -0.05) is 18.2 Å². The van der Waals surface area contributed by atoms with Gasteiger partial charge in [-0.05, 0) is 31.2 Å². The van der Waals surface area contributed by atoms with Crippen LogP contribution in [0.5, 0.6) is 17.2 Å². The molecule has 0 atom stereocenters. The Morgan fingerprint density at radius 2 is 1.77 bits per heavy atom. The second kappa shape index (κ2) is 11.7. The van der Waals surface area contributed by atoms with E-state index < -0.39 is 12.5 Å². The monoisotopic (exact) mass is 496 g/mol. The van der Waals surface area contributed by atoms with Crippen molar-refractivity contribution >= 4 is 12.0 Å². The van der Waals surface area contributed by atoms with Crippen molar-refractivity contribution in [2.24, 2.45) is 0 Å². The third-order valence-corrected chi connectivity index (χ3v) is 5.46. The minimum Gasteiger partial charge on any atom is -0.491 e. The maximum Gasteiger partial charge on any atom is 0.573 e. The number of hydrogen-bond acceptors (Lipinski definition) is 5. The summed E-state index contributed by atoms with van der Waals surface area (Å²) in [6, 6.07) is 12.1. The number of ether oxygens (including phenoxy) is 3. The molecular formula is C24H27F3N2O6. The lowest BCUT2D eigenvalue weighted by molar-refractivity contribution is -0.274. The minimum atomic E-state index is -4.78. The number of alkyl halides is 3. The van der Waals surface area contributed by atoms with Gasteiger partial charge in [0.2, 0.25) is 0 Å². The van der Waals surface area contributed by atoms with Crippen LogP contribution in [0.2, 0.25) is 0 Å². The lowest BCUT2D eigenvalue weighted by Crippen LogP contribution is -2.42. The molecule has 11 heteroatoms. The van der Waals surface area contributed by atoms with E-state index in [2.05, 4.69) is 4.74 Å². The standard InChI is InChI=1S/C24H27F3N2O6/c1-2-28(23(31)32)14-15-33-21-9-4-3-8-20(21)22(30)29-12-10-17(11-13-29)34-18-6-5-7-19(16-18)35-24(25,26)27/h3-9,16-17H,2,10-15H2,1H3,(H,31,32). The van der Waals surface area contributed by atoms with Crippen molar-refractivity contribution in [1.29, 1.82) is 0 Å². The van der Waals surface area contributed by atoms with E-state index in [1.807, 2.05) is 0 Å². The molecule has 0 radical (unpaired) electrons. The molecule has 2 aromatic rings. The first-order valence-electron chi connectivity index (χ1n) is 11.2. The summed E-state index contributed by atoms with van der Waals surface area (Å²) < 4.78 is 52.7. The maximum atomic E-state index is 13.1. The smallest absolute Gasteiger partial charge is 0.491 e. The lowest BCUT2D eigenvalue weighted by atomic mass is 10.1. The SMILES string of the molecule is CCN(CCOc1ccccc1C(=O)N1CCC(Oc2cccc(OC(F)(F)F)c2)CC1)C(=O)O. The van der Waals surface area contributed by atoms with E-state index in [1.165, 1.54) is 23.1 Å². The first-order valence-corrected chi connectivity index (χ1v) is 11.2. The Hall–Kier alpha value is -3.63. The van der Waals surface area contributed by atoms with Gasteiger partial charge >= 0.3 is 12.5 Å². The van der Waals surface area contributed by atoms with Gasteiger partial charge in [0, 0.05) is 38.5 Å². The molecule has 2 aromatic carbocycles. The molecule has 0 saturated carbocycles. The topological polar surface area (TPSA) is 88.5 Å². The molecule has 1 aliphatic rings. The number of hydrogen-bond donors (Lipinski definition) is 1. The zero-order chi connectivity index (χ0) is 25.4. The van der Waals surface area contributed by atoms with Crippen LogP contribution in [0, 0.1) is 0 Å². The van der Waals surface area contributed by atoms with Crippen LogP contribution < -0.4 is 14.2 Å². The number of likely N-dealkylation sites (tertiary alicyclic amines) is 1. The summed E-state index contributed by atoms with van der Waals surface area (Å²) in [6.07, 6.45) is -5.07. The zero-order valence-corrected chi connectivity index (χ0v) is 19.2. The first kappa shape index (κ1) is 26.0. The largest absolute Gasteiger partial charge is 0.573 e. The molecule has 190 valence electrons. The summed E-state index contributed by atoms with van der Waals surface area (Å²) in [7, 11) is 0. The van der Waals surface area contributed by atoms with Crippen LogP contribution in [0.3, 0.4) is 0 Å². The van der Waals surface area contributed by atoms with Gasteiger partial charge in [0.1, 0.15) is 30.0 Å². The third kappa shape index (κ3) is 7.69. The molecule has 0 bridgehead atoms. The van der Waals surface area contributed by atoms with Gasteiger partial charge in [0.05, 0.1) is 12.1 Å². The van der Waals surface area contributed by atoms with E-state index >= 15 is 0 Å². The molecule has 0 unspecified atom stereocenters. The average Bonchev–Trinajstić information content (AvgIpc) is 2.81. The summed E-state index contributed by atoms with van der Waals surface area (Å²) in [4.78, 5) is 27.1. The fourth-order valence-corrected chi connectivity index (χ4v) is 3.71. The molecule has 1 saturated heterocycles. The normalized spacial score (nSPS) is 14.3. The molecule has 1 aliphatic heterocycles. The number of likely N-dealkylation sites (N-methyl/N-ethyl adjacent to an activating group) is 1. The number of piperidine rings is 1. The molecule has 8 nitrogen and oxygen atoms in total. The number of nitrogens with zero attached hydrogens (tertiary/aromatic N) is 2. The van der Waals surface area contributed by atoms with Crippen LogP contribution in [0.1, 0.15) is 30.1 Å². The van der Waals surface area contributed by atoms with Crippen LogP contribution in [-0.4, -0.2) is 72.2 Å². The molecule has 1 fully saturated rings. The quantitative estimate of drug-likeness (QED) is 0.544. The fourth-order valence-electron chi connectivity index (χ4n) is 3.71. The Labute approximate surface area is 200 Å². The Kier molecular flexibility index (Phi) is 8.67. The highest BCUT2D eigenvalue weighted by Gasteiger charge is 2.31. The van der Waals surface area contributed by atoms with Gasteiger partial charge < -0.3 is 29.1 Å². The molecule has 1 N–H and O–H groups in total. The van der Waals surface area contributed by atoms with Crippen molar-refractivity contribution in [3.05, 3.63) is 54.1 Å².